The second-order valence-corrected chi connectivity index (χ2v) is 5.32. The summed E-state index contributed by atoms with van der Waals surface area (Å²) in [5.41, 5.74) is 0.692. The molecule has 6 nitrogen and oxygen atoms in total. The number of hydrogen-bond acceptors (Lipinski definition) is 5. The molecular weight excluding hydrogens is 250 g/mol. The number of fused-ring (bicyclic) bond motifs is 1. The van der Waals surface area contributed by atoms with Gasteiger partial charge >= 0.3 is 0 Å². The molecule has 2 aromatic rings. The van der Waals surface area contributed by atoms with E-state index in [1.54, 1.807) is 25.3 Å². The van der Waals surface area contributed by atoms with Gasteiger partial charge in [0, 0.05) is 0 Å². The van der Waals surface area contributed by atoms with Crippen molar-refractivity contribution in [1.82, 2.24) is 4.98 Å². The third-order valence-electron chi connectivity index (χ3n) is 1.83. The zero-order chi connectivity index (χ0) is 11.8. The Morgan fingerprint density at radius 2 is 2.25 bits per heavy atom. The Bertz CT molecular complexity index is 620. The lowest BCUT2D eigenvalue weighted by molar-refractivity contribution is 0.415. The van der Waals surface area contributed by atoms with Crippen LogP contribution < -0.4 is 14.6 Å². The van der Waals surface area contributed by atoms with Crippen LogP contribution in [0.5, 0.6) is 5.75 Å². The summed E-state index contributed by atoms with van der Waals surface area (Å²) in [4.78, 5) is 4.07. The molecule has 0 aliphatic rings. The first-order valence-corrected chi connectivity index (χ1v) is 6.59. The molecule has 0 fully saturated rings. The molecule has 16 heavy (non-hydrogen) atoms. The van der Waals surface area contributed by atoms with Crippen molar-refractivity contribution in [2.24, 2.45) is 5.14 Å². The molecule has 0 atom stereocenters. The zero-order valence-corrected chi connectivity index (χ0v) is 9.93. The molecule has 0 spiro atoms. The summed E-state index contributed by atoms with van der Waals surface area (Å²) in [6.45, 7) is 0. The van der Waals surface area contributed by atoms with E-state index in [0.29, 0.717) is 11.3 Å². The number of anilines is 1. The first kappa shape index (κ1) is 11.1. The van der Waals surface area contributed by atoms with Crippen molar-refractivity contribution in [3.05, 3.63) is 18.2 Å². The Labute approximate surface area is 96.2 Å². The highest BCUT2D eigenvalue weighted by molar-refractivity contribution is 7.90. The molecule has 0 aliphatic carbocycles. The van der Waals surface area contributed by atoms with Gasteiger partial charge in [0.1, 0.15) is 5.75 Å². The van der Waals surface area contributed by atoms with E-state index in [4.69, 9.17) is 9.88 Å². The SMILES string of the molecule is COc1ccc2nc(NS(N)(=O)=O)sc2c1. The minimum absolute atomic E-state index is 0.241. The first-order valence-electron chi connectivity index (χ1n) is 4.23. The summed E-state index contributed by atoms with van der Waals surface area (Å²) in [7, 11) is -2.21. The lowest BCUT2D eigenvalue weighted by atomic mass is 10.3. The quantitative estimate of drug-likeness (QED) is 0.857. The van der Waals surface area contributed by atoms with Crippen molar-refractivity contribution in [3.8, 4) is 5.75 Å². The molecule has 1 aromatic heterocycles. The van der Waals surface area contributed by atoms with E-state index < -0.39 is 10.2 Å². The first-order chi connectivity index (χ1) is 7.48. The van der Waals surface area contributed by atoms with Gasteiger partial charge in [-0.1, -0.05) is 11.3 Å². The molecule has 0 unspecified atom stereocenters. The van der Waals surface area contributed by atoms with Gasteiger partial charge in [0.05, 0.1) is 17.3 Å². The van der Waals surface area contributed by atoms with Crippen LogP contribution in [0.25, 0.3) is 10.2 Å². The number of benzene rings is 1. The molecule has 0 amide bonds. The fraction of sp³-hybridized carbons (Fsp3) is 0.125. The van der Waals surface area contributed by atoms with Gasteiger partial charge in [-0.2, -0.15) is 8.42 Å². The van der Waals surface area contributed by atoms with Crippen LogP contribution in [0.4, 0.5) is 5.13 Å². The summed E-state index contributed by atoms with van der Waals surface area (Å²) >= 11 is 1.19. The standard InChI is InChI=1S/C8H9N3O3S2/c1-14-5-2-3-6-7(4-5)15-8(10-6)11-16(9,12)13/h2-4H,1H3,(H,10,11)(H2,9,12,13). The number of nitrogens with zero attached hydrogens (tertiary/aromatic N) is 1. The second-order valence-electron chi connectivity index (χ2n) is 3.00. The van der Waals surface area contributed by atoms with Crippen LogP contribution in [0.2, 0.25) is 0 Å². The number of ether oxygens (including phenoxy) is 1. The van der Waals surface area contributed by atoms with Crippen LogP contribution in [-0.4, -0.2) is 20.5 Å². The number of rotatable bonds is 3. The van der Waals surface area contributed by atoms with Crippen molar-refractivity contribution < 1.29 is 13.2 Å². The van der Waals surface area contributed by atoms with Gasteiger partial charge in [-0.25, -0.2) is 14.8 Å². The van der Waals surface area contributed by atoms with Gasteiger partial charge < -0.3 is 4.74 Å². The van der Waals surface area contributed by atoms with Crippen molar-refractivity contribution in [3.63, 3.8) is 0 Å². The highest BCUT2D eigenvalue weighted by Gasteiger charge is 2.08. The molecule has 3 N–H and O–H groups in total. The summed E-state index contributed by atoms with van der Waals surface area (Å²) in [5.74, 6) is 0.693. The molecule has 2 rings (SSSR count). The van der Waals surface area contributed by atoms with E-state index in [1.165, 1.54) is 11.3 Å². The molecule has 86 valence electrons. The highest BCUT2D eigenvalue weighted by atomic mass is 32.2. The Morgan fingerprint density at radius 1 is 1.50 bits per heavy atom. The monoisotopic (exact) mass is 259 g/mol. The topological polar surface area (TPSA) is 94.3 Å². The predicted octanol–water partition coefficient (Wildman–Crippen LogP) is 0.920. The maximum atomic E-state index is 10.8. The third kappa shape index (κ3) is 2.40. The largest absolute Gasteiger partial charge is 0.497 e. The van der Waals surface area contributed by atoms with Crippen LogP contribution >= 0.6 is 11.3 Å². The van der Waals surface area contributed by atoms with Crippen molar-refractivity contribution in [1.29, 1.82) is 0 Å². The van der Waals surface area contributed by atoms with Crippen LogP contribution in [0.1, 0.15) is 0 Å². The average Bonchev–Trinajstić information content (AvgIpc) is 2.55. The van der Waals surface area contributed by atoms with Gasteiger partial charge in [-0.3, -0.25) is 0 Å². The van der Waals surface area contributed by atoms with Crippen LogP contribution in [-0.2, 0) is 10.2 Å². The van der Waals surface area contributed by atoms with Gasteiger partial charge in [0.25, 0.3) is 10.2 Å². The zero-order valence-electron chi connectivity index (χ0n) is 8.30. The Kier molecular flexibility index (Phi) is 2.70. The lowest BCUT2D eigenvalue weighted by Crippen LogP contribution is -2.21. The molecule has 1 heterocycles. The second kappa shape index (κ2) is 3.89. The van der Waals surface area contributed by atoms with Gasteiger partial charge in [-0.15, -0.1) is 0 Å². The van der Waals surface area contributed by atoms with Crippen LogP contribution in [0.15, 0.2) is 18.2 Å². The molecule has 0 radical (unpaired) electrons. The van der Waals surface area contributed by atoms with Crippen LogP contribution in [0.3, 0.4) is 0 Å². The minimum Gasteiger partial charge on any atom is -0.497 e. The van der Waals surface area contributed by atoms with E-state index in [0.717, 1.165) is 4.70 Å². The summed E-state index contributed by atoms with van der Waals surface area (Å²) in [6.07, 6.45) is 0. The number of aromatic nitrogens is 1. The fourth-order valence-electron chi connectivity index (χ4n) is 1.20. The Morgan fingerprint density at radius 3 is 2.88 bits per heavy atom. The Hall–Kier alpha value is -1.38. The number of thiazole rings is 1. The molecular formula is C8H9N3O3S2. The average molecular weight is 259 g/mol. The number of methoxy groups -OCH3 is 1. The van der Waals surface area contributed by atoms with Crippen molar-refractivity contribution in [2.75, 3.05) is 11.8 Å². The molecule has 8 heteroatoms. The van der Waals surface area contributed by atoms with E-state index in [2.05, 4.69) is 9.71 Å². The normalized spacial score (nSPS) is 11.6. The molecule has 0 saturated carbocycles. The summed E-state index contributed by atoms with van der Waals surface area (Å²) in [6, 6.07) is 5.28. The van der Waals surface area contributed by atoms with Gasteiger partial charge in [0.2, 0.25) is 0 Å². The van der Waals surface area contributed by atoms with Crippen molar-refractivity contribution in [2.45, 2.75) is 0 Å². The molecule has 0 bridgehead atoms. The lowest BCUT2D eigenvalue weighted by Gasteiger charge is -1.96. The number of nitrogens with one attached hydrogen (secondary N) is 1. The predicted molar refractivity (Wildman–Crippen MR) is 62.9 cm³/mol. The number of nitrogens with two attached hydrogens (primary N) is 1. The molecule has 0 saturated heterocycles. The molecule has 1 aromatic carbocycles. The van der Waals surface area contributed by atoms with Crippen LogP contribution in [0, 0.1) is 0 Å². The van der Waals surface area contributed by atoms with E-state index in [-0.39, 0.29) is 5.13 Å². The van der Waals surface area contributed by atoms with E-state index >= 15 is 0 Å². The van der Waals surface area contributed by atoms with Crippen molar-refractivity contribution >= 4 is 36.9 Å². The third-order valence-corrected chi connectivity index (χ3v) is 3.37. The highest BCUT2D eigenvalue weighted by Crippen LogP contribution is 2.29. The van der Waals surface area contributed by atoms with Gasteiger partial charge in [-0.05, 0) is 18.2 Å². The summed E-state index contributed by atoms with van der Waals surface area (Å²) in [5, 5.41) is 5.09. The minimum atomic E-state index is -3.77. The Balaban J connectivity index is 2.44. The molecule has 0 aliphatic heterocycles. The fourth-order valence-corrected chi connectivity index (χ4v) is 2.75. The smallest absolute Gasteiger partial charge is 0.298 e. The number of hydrogen-bond donors (Lipinski definition) is 2. The van der Waals surface area contributed by atoms with E-state index in [9.17, 15) is 8.42 Å². The maximum Gasteiger partial charge on any atom is 0.298 e. The maximum absolute atomic E-state index is 10.8. The van der Waals surface area contributed by atoms with Gasteiger partial charge in [0.15, 0.2) is 5.13 Å². The van der Waals surface area contributed by atoms with E-state index in [1.807, 2.05) is 0 Å². The summed E-state index contributed by atoms with van der Waals surface area (Å²) < 4.78 is 29.6.